The predicted molar refractivity (Wildman–Crippen MR) is 82.3 cm³/mol. The van der Waals surface area contributed by atoms with Crippen molar-refractivity contribution in [3.8, 4) is 0 Å². The van der Waals surface area contributed by atoms with Gasteiger partial charge in [0.2, 0.25) is 0 Å². The molecule has 0 radical (unpaired) electrons. The fourth-order valence-corrected chi connectivity index (χ4v) is 5.41. The first-order valence-electron chi connectivity index (χ1n) is 6.95. The number of rotatable bonds is 4. The molecular formula is C14H21NO4S2. The molecule has 2 rings (SSSR count). The Balaban J connectivity index is 2.17. The molecule has 0 saturated heterocycles. The van der Waals surface area contributed by atoms with E-state index >= 15 is 0 Å². The number of sulfonamides is 1. The minimum absolute atomic E-state index is 0.00148. The van der Waals surface area contributed by atoms with Gasteiger partial charge in [0.1, 0.15) is 9.09 Å². The third kappa shape index (κ3) is 3.46. The standard InChI is InChI=1S/C14H21NO4S2/c1-14(2)8-6-10(7-9-14)15(3)21(18,19)12-5-4-11(20-12)13(16)17/h4-5,10H,6-9H2,1-3H3,(H,16,17). The summed E-state index contributed by atoms with van der Waals surface area (Å²) in [6.45, 7) is 4.41. The second-order valence-corrected chi connectivity index (χ2v) is 9.65. The highest BCUT2D eigenvalue weighted by atomic mass is 32.2. The summed E-state index contributed by atoms with van der Waals surface area (Å²) in [6.07, 6.45) is 3.70. The maximum Gasteiger partial charge on any atom is 0.345 e. The van der Waals surface area contributed by atoms with Gasteiger partial charge in [0.05, 0.1) is 0 Å². The zero-order valence-corrected chi connectivity index (χ0v) is 14.1. The Labute approximate surface area is 129 Å². The highest BCUT2D eigenvalue weighted by molar-refractivity contribution is 7.91. The topological polar surface area (TPSA) is 74.7 Å². The lowest BCUT2D eigenvalue weighted by Gasteiger charge is -2.37. The van der Waals surface area contributed by atoms with Crippen LogP contribution in [0.4, 0.5) is 0 Å². The van der Waals surface area contributed by atoms with Crippen LogP contribution in [0.3, 0.4) is 0 Å². The van der Waals surface area contributed by atoms with Gasteiger partial charge in [-0.3, -0.25) is 0 Å². The largest absolute Gasteiger partial charge is 0.477 e. The van der Waals surface area contributed by atoms with Gasteiger partial charge in [0.15, 0.2) is 0 Å². The summed E-state index contributed by atoms with van der Waals surface area (Å²) < 4.78 is 26.7. The van der Waals surface area contributed by atoms with Crippen LogP contribution in [-0.4, -0.2) is 36.9 Å². The molecule has 0 atom stereocenters. The summed E-state index contributed by atoms with van der Waals surface area (Å²) in [6, 6.07) is 2.73. The van der Waals surface area contributed by atoms with Crippen molar-refractivity contribution in [2.24, 2.45) is 5.41 Å². The molecule has 0 bridgehead atoms. The van der Waals surface area contributed by atoms with Gasteiger partial charge in [-0.25, -0.2) is 13.2 Å². The van der Waals surface area contributed by atoms with Crippen LogP contribution in [-0.2, 0) is 10.0 Å². The molecule has 0 aliphatic heterocycles. The Morgan fingerprint density at radius 2 is 1.90 bits per heavy atom. The van der Waals surface area contributed by atoms with E-state index in [2.05, 4.69) is 13.8 Å². The lowest BCUT2D eigenvalue weighted by Crippen LogP contribution is -2.40. The summed E-state index contributed by atoms with van der Waals surface area (Å²) in [7, 11) is -2.00. The van der Waals surface area contributed by atoms with Gasteiger partial charge in [0.25, 0.3) is 10.0 Å². The molecule has 0 amide bonds. The summed E-state index contributed by atoms with van der Waals surface area (Å²) in [4.78, 5) is 10.9. The van der Waals surface area contributed by atoms with Gasteiger partial charge in [-0.15, -0.1) is 11.3 Å². The number of nitrogens with zero attached hydrogens (tertiary/aromatic N) is 1. The lowest BCUT2D eigenvalue weighted by atomic mass is 9.76. The van der Waals surface area contributed by atoms with E-state index in [-0.39, 0.29) is 20.5 Å². The molecule has 1 aromatic heterocycles. The van der Waals surface area contributed by atoms with Crippen molar-refractivity contribution < 1.29 is 18.3 Å². The molecule has 5 nitrogen and oxygen atoms in total. The molecule has 0 unspecified atom stereocenters. The van der Waals surface area contributed by atoms with Gasteiger partial charge >= 0.3 is 5.97 Å². The SMILES string of the molecule is CN(C1CCC(C)(C)CC1)S(=O)(=O)c1ccc(C(=O)O)s1. The van der Waals surface area contributed by atoms with E-state index in [9.17, 15) is 13.2 Å². The zero-order chi connectivity index (χ0) is 15.8. The fourth-order valence-electron chi connectivity index (χ4n) is 2.66. The lowest BCUT2D eigenvalue weighted by molar-refractivity contribution is 0.0702. The first-order chi connectivity index (χ1) is 9.63. The van der Waals surface area contributed by atoms with Crippen molar-refractivity contribution in [3.63, 3.8) is 0 Å². The summed E-state index contributed by atoms with van der Waals surface area (Å²) >= 11 is 0.811. The average molecular weight is 331 g/mol. The van der Waals surface area contributed by atoms with E-state index in [0.29, 0.717) is 0 Å². The van der Waals surface area contributed by atoms with Crippen LogP contribution in [0.5, 0.6) is 0 Å². The molecule has 1 heterocycles. The predicted octanol–water partition coefficient (Wildman–Crippen LogP) is 3.04. The minimum atomic E-state index is -3.60. The number of hydrogen-bond acceptors (Lipinski definition) is 4. The summed E-state index contributed by atoms with van der Waals surface area (Å²) in [5, 5.41) is 8.91. The first-order valence-corrected chi connectivity index (χ1v) is 9.20. The number of carboxylic acid groups (broad SMARTS) is 1. The molecule has 1 N–H and O–H groups in total. The molecule has 21 heavy (non-hydrogen) atoms. The highest BCUT2D eigenvalue weighted by Gasteiger charge is 2.34. The molecule has 0 spiro atoms. The number of thiophene rings is 1. The maximum atomic E-state index is 12.6. The zero-order valence-electron chi connectivity index (χ0n) is 12.5. The van der Waals surface area contributed by atoms with Gasteiger partial charge in [-0.05, 0) is 43.2 Å². The molecule has 1 aromatic rings. The van der Waals surface area contributed by atoms with Crippen LogP contribution < -0.4 is 0 Å². The second-order valence-electron chi connectivity index (χ2n) is 6.34. The van der Waals surface area contributed by atoms with Crippen LogP contribution in [0.25, 0.3) is 0 Å². The van der Waals surface area contributed by atoms with Crippen molar-refractivity contribution in [3.05, 3.63) is 17.0 Å². The number of carboxylic acids is 1. The molecule has 1 aliphatic carbocycles. The van der Waals surface area contributed by atoms with E-state index in [0.717, 1.165) is 37.0 Å². The van der Waals surface area contributed by atoms with Crippen LogP contribution in [0, 0.1) is 5.41 Å². The third-order valence-electron chi connectivity index (χ3n) is 4.25. The second kappa shape index (κ2) is 5.70. The molecule has 1 aliphatic rings. The van der Waals surface area contributed by atoms with Crippen molar-refractivity contribution in [1.29, 1.82) is 0 Å². The Morgan fingerprint density at radius 3 is 2.38 bits per heavy atom. The van der Waals surface area contributed by atoms with Crippen LogP contribution in [0.15, 0.2) is 16.3 Å². The van der Waals surface area contributed by atoms with E-state index in [1.165, 1.54) is 16.4 Å². The number of hydrogen-bond donors (Lipinski definition) is 1. The van der Waals surface area contributed by atoms with Crippen molar-refractivity contribution >= 4 is 27.3 Å². The van der Waals surface area contributed by atoms with Crippen molar-refractivity contribution in [1.82, 2.24) is 4.31 Å². The fraction of sp³-hybridized carbons (Fsp3) is 0.643. The van der Waals surface area contributed by atoms with E-state index in [1.807, 2.05) is 0 Å². The molecule has 1 fully saturated rings. The molecule has 1 saturated carbocycles. The van der Waals surface area contributed by atoms with Crippen LogP contribution in [0.2, 0.25) is 0 Å². The van der Waals surface area contributed by atoms with Crippen molar-refractivity contribution in [2.45, 2.75) is 49.8 Å². The van der Waals surface area contributed by atoms with E-state index < -0.39 is 16.0 Å². The molecule has 7 heteroatoms. The third-order valence-corrected chi connectivity index (χ3v) is 7.70. The Hall–Kier alpha value is -0.920. The van der Waals surface area contributed by atoms with E-state index in [4.69, 9.17) is 5.11 Å². The number of carbonyl (C=O) groups is 1. The Bertz CT molecular complexity index is 623. The Kier molecular flexibility index (Phi) is 4.46. The van der Waals surface area contributed by atoms with E-state index in [1.54, 1.807) is 7.05 Å². The summed E-state index contributed by atoms with van der Waals surface area (Å²) in [5.74, 6) is -1.09. The molecule has 118 valence electrons. The van der Waals surface area contributed by atoms with Gasteiger partial charge in [0, 0.05) is 13.1 Å². The average Bonchev–Trinajstić information content (AvgIpc) is 2.88. The van der Waals surface area contributed by atoms with Gasteiger partial charge in [-0.1, -0.05) is 13.8 Å². The van der Waals surface area contributed by atoms with Gasteiger partial charge < -0.3 is 5.11 Å². The first kappa shape index (κ1) is 16.5. The monoisotopic (exact) mass is 331 g/mol. The Morgan fingerprint density at radius 1 is 1.33 bits per heavy atom. The normalized spacial score (nSPS) is 19.8. The molecular weight excluding hydrogens is 310 g/mol. The summed E-state index contributed by atoms with van der Waals surface area (Å²) in [5.41, 5.74) is 0.278. The quantitative estimate of drug-likeness (QED) is 0.920. The smallest absolute Gasteiger partial charge is 0.345 e. The molecule has 0 aromatic carbocycles. The van der Waals surface area contributed by atoms with Crippen molar-refractivity contribution in [2.75, 3.05) is 7.05 Å². The van der Waals surface area contributed by atoms with Gasteiger partial charge in [-0.2, -0.15) is 4.31 Å². The minimum Gasteiger partial charge on any atom is -0.477 e. The maximum absolute atomic E-state index is 12.6. The highest BCUT2D eigenvalue weighted by Crippen LogP contribution is 2.38. The van der Waals surface area contributed by atoms with Crippen LogP contribution in [0.1, 0.15) is 49.2 Å². The number of aromatic carboxylic acids is 1. The van der Waals surface area contributed by atoms with Crippen LogP contribution >= 0.6 is 11.3 Å².